The number of fused-ring (bicyclic) bond motifs is 3. The van der Waals surface area contributed by atoms with Gasteiger partial charge in [-0.15, -0.1) is 0 Å². The highest BCUT2D eigenvalue weighted by Crippen LogP contribution is 2.29. The summed E-state index contributed by atoms with van der Waals surface area (Å²) in [5, 5.41) is 15.1. The highest BCUT2D eigenvalue weighted by Gasteiger charge is 2.25. The smallest absolute Gasteiger partial charge is 0.327 e. The van der Waals surface area contributed by atoms with Crippen LogP contribution in [-0.2, 0) is 4.79 Å². The van der Waals surface area contributed by atoms with Gasteiger partial charge < -0.3 is 9.67 Å². The number of carboxylic acid groups (broad SMARTS) is 1. The summed E-state index contributed by atoms with van der Waals surface area (Å²) in [6.45, 7) is 5.42. The number of nitrogens with zero attached hydrogens (tertiary/aromatic N) is 4. The molecule has 4 aromatic rings. The second kappa shape index (κ2) is 7.00. The summed E-state index contributed by atoms with van der Waals surface area (Å²) in [6.07, 6.45) is 3.01. The molecule has 148 valence electrons. The molecule has 0 saturated heterocycles. The number of pyridine rings is 1. The van der Waals surface area contributed by atoms with Crippen molar-refractivity contribution in [2.45, 2.75) is 26.8 Å². The van der Waals surface area contributed by atoms with Crippen molar-refractivity contribution in [3.8, 4) is 11.1 Å². The summed E-state index contributed by atoms with van der Waals surface area (Å²) in [7, 11) is 0. The first-order valence-electron chi connectivity index (χ1n) is 9.17. The van der Waals surface area contributed by atoms with Crippen LogP contribution in [0.2, 0.25) is 5.02 Å². The molecule has 0 radical (unpaired) electrons. The molecule has 1 N–H and O–H groups in total. The van der Waals surface area contributed by atoms with Gasteiger partial charge in [0, 0.05) is 23.0 Å². The van der Waals surface area contributed by atoms with Gasteiger partial charge in [0.15, 0.2) is 5.65 Å². The summed E-state index contributed by atoms with van der Waals surface area (Å²) in [6, 6.07) is 8.16. The van der Waals surface area contributed by atoms with E-state index in [0.717, 1.165) is 16.8 Å². The van der Waals surface area contributed by atoms with Crippen LogP contribution in [-0.4, -0.2) is 30.2 Å². The minimum absolute atomic E-state index is 0.247. The monoisotopic (exact) mass is 410 g/mol. The van der Waals surface area contributed by atoms with Crippen LogP contribution in [0.25, 0.3) is 27.7 Å². The molecule has 0 fully saturated rings. The maximum absolute atomic E-state index is 13.0. The van der Waals surface area contributed by atoms with E-state index >= 15 is 0 Å². The van der Waals surface area contributed by atoms with Crippen molar-refractivity contribution in [2.24, 2.45) is 5.92 Å². The van der Waals surface area contributed by atoms with Crippen LogP contribution in [0.1, 0.15) is 25.6 Å². The third kappa shape index (κ3) is 3.07. The first-order chi connectivity index (χ1) is 13.8. The predicted molar refractivity (Wildman–Crippen MR) is 111 cm³/mol. The molecule has 1 aromatic carbocycles. The SMILES string of the molecule is Cc1nn2c(ncc3c(=O)n([C@H](C(=O)O)C(C)C)ccc32)c1-c1ccc(Cl)cc1. The average molecular weight is 411 g/mol. The van der Waals surface area contributed by atoms with Gasteiger partial charge in [-0.2, -0.15) is 5.10 Å². The van der Waals surface area contributed by atoms with Crippen molar-refractivity contribution in [3.63, 3.8) is 0 Å². The van der Waals surface area contributed by atoms with E-state index in [1.165, 1.54) is 17.0 Å². The zero-order valence-corrected chi connectivity index (χ0v) is 16.9. The number of benzene rings is 1. The average Bonchev–Trinajstić information content (AvgIpc) is 3.00. The Balaban J connectivity index is 1.97. The number of aromatic nitrogens is 4. The third-order valence-corrected chi connectivity index (χ3v) is 5.28. The van der Waals surface area contributed by atoms with E-state index in [1.807, 2.05) is 19.1 Å². The molecule has 0 amide bonds. The van der Waals surface area contributed by atoms with Gasteiger partial charge in [-0.3, -0.25) is 4.79 Å². The Bertz CT molecular complexity index is 1310. The van der Waals surface area contributed by atoms with E-state index < -0.39 is 17.6 Å². The molecule has 0 spiro atoms. The van der Waals surface area contributed by atoms with Crippen molar-refractivity contribution in [1.29, 1.82) is 0 Å². The third-order valence-electron chi connectivity index (χ3n) is 5.03. The lowest BCUT2D eigenvalue weighted by atomic mass is 10.0. The summed E-state index contributed by atoms with van der Waals surface area (Å²) in [4.78, 5) is 29.2. The van der Waals surface area contributed by atoms with Crippen LogP contribution < -0.4 is 5.56 Å². The Hall–Kier alpha value is -3.19. The molecule has 29 heavy (non-hydrogen) atoms. The van der Waals surface area contributed by atoms with Crippen LogP contribution in [0, 0.1) is 12.8 Å². The molecule has 1 atom stereocenters. The minimum Gasteiger partial charge on any atom is -0.480 e. The molecule has 0 aliphatic rings. The number of rotatable bonds is 4. The maximum Gasteiger partial charge on any atom is 0.327 e. The fourth-order valence-electron chi connectivity index (χ4n) is 3.69. The fraction of sp³-hybridized carbons (Fsp3) is 0.238. The Morgan fingerprint density at radius 1 is 1.17 bits per heavy atom. The van der Waals surface area contributed by atoms with Crippen LogP contribution in [0.5, 0.6) is 0 Å². The lowest BCUT2D eigenvalue weighted by Crippen LogP contribution is -2.33. The fourth-order valence-corrected chi connectivity index (χ4v) is 3.82. The van der Waals surface area contributed by atoms with Gasteiger partial charge in [-0.05, 0) is 36.6 Å². The largest absolute Gasteiger partial charge is 0.480 e. The quantitative estimate of drug-likeness (QED) is 0.550. The number of halogens is 1. The standard InChI is InChI=1S/C21H19ClN4O3/c1-11(2)18(21(28)29)25-9-8-16-15(20(25)27)10-23-19-17(12(3)24-26(16)19)13-4-6-14(22)7-5-13/h4-11,18H,1-3H3,(H,28,29)/t18-/m0/s1. The molecule has 0 unspecified atom stereocenters. The van der Waals surface area contributed by atoms with Crippen molar-refractivity contribution < 1.29 is 9.90 Å². The van der Waals surface area contributed by atoms with Crippen LogP contribution in [0.4, 0.5) is 0 Å². The summed E-state index contributed by atoms with van der Waals surface area (Å²) in [5.41, 5.74) is 3.34. The molecule has 0 saturated carbocycles. The molecule has 3 heterocycles. The number of aliphatic carboxylic acids is 1. The predicted octanol–water partition coefficient (Wildman–Crippen LogP) is 3.95. The second-order valence-corrected chi connectivity index (χ2v) is 7.75. The molecule has 0 bridgehead atoms. The minimum atomic E-state index is -1.05. The summed E-state index contributed by atoms with van der Waals surface area (Å²) < 4.78 is 2.88. The lowest BCUT2D eigenvalue weighted by molar-refractivity contribution is -0.142. The van der Waals surface area contributed by atoms with Gasteiger partial charge in [0.1, 0.15) is 6.04 Å². The van der Waals surface area contributed by atoms with Crippen LogP contribution in [0.15, 0.2) is 47.5 Å². The van der Waals surface area contributed by atoms with Crippen molar-refractivity contribution in [1.82, 2.24) is 19.2 Å². The summed E-state index contributed by atoms with van der Waals surface area (Å²) >= 11 is 6.00. The number of carbonyl (C=O) groups is 1. The highest BCUT2D eigenvalue weighted by atomic mass is 35.5. The first kappa shape index (κ1) is 19.1. The molecule has 0 aliphatic heterocycles. The Labute approximate surface area is 171 Å². The number of carboxylic acids is 1. The maximum atomic E-state index is 13.0. The second-order valence-electron chi connectivity index (χ2n) is 7.32. The molecule has 7 nitrogen and oxygen atoms in total. The van der Waals surface area contributed by atoms with Gasteiger partial charge in [0.05, 0.1) is 16.6 Å². The molecular formula is C21H19ClN4O3. The van der Waals surface area contributed by atoms with Gasteiger partial charge in [0.2, 0.25) is 0 Å². The Morgan fingerprint density at radius 3 is 2.48 bits per heavy atom. The van der Waals surface area contributed by atoms with Crippen molar-refractivity contribution >= 4 is 34.1 Å². The molecule has 3 aromatic heterocycles. The highest BCUT2D eigenvalue weighted by molar-refractivity contribution is 6.30. The van der Waals surface area contributed by atoms with Crippen LogP contribution in [0.3, 0.4) is 0 Å². The van der Waals surface area contributed by atoms with Gasteiger partial charge in [-0.1, -0.05) is 37.6 Å². The van der Waals surface area contributed by atoms with Crippen molar-refractivity contribution in [2.75, 3.05) is 0 Å². The van der Waals surface area contributed by atoms with Gasteiger partial charge >= 0.3 is 5.97 Å². The van der Waals surface area contributed by atoms with Crippen molar-refractivity contribution in [3.05, 3.63) is 63.8 Å². The topological polar surface area (TPSA) is 89.5 Å². The number of aryl methyl sites for hydroxylation is 1. The molecular weight excluding hydrogens is 392 g/mol. The normalized spacial score (nSPS) is 12.7. The first-order valence-corrected chi connectivity index (χ1v) is 9.55. The zero-order valence-electron chi connectivity index (χ0n) is 16.1. The van der Waals surface area contributed by atoms with Crippen LogP contribution >= 0.6 is 11.6 Å². The zero-order chi connectivity index (χ0) is 20.9. The van der Waals surface area contributed by atoms with E-state index in [2.05, 4.69) is 10.1 Å². The molecule has 8 heteroatoms. The number of hydrogen-bond acceptors (Lipinski definition) is 4. The van der Waals surface area contributed by atoms with Gasteiger partial charge in [0.25, 0.3) is 5.56 Å². The van der Waals surface area contributed by atoms with Gasteiger partial charge in [-0.25, -0.2) is 14.3 Å². The van der Waals surface area contributed by atoms with E-state index in [1.54, 1.807) is 36.6 Å². The number of hydrogen-bond donors (Lipinski definition) is 1. The Morgan fingerprint density at radius 2 is 1.86 bits per heavy atom. The Kier molecular flexibility index (Phi) is 4.62. The van der Waals surface area contributed by atoms with E-state index in [9.17, 15) is 14.7 Å². The molecule has 0 aliphatic carbocycles. The lowest BCUT2D eigenvalue weighted by Gasteiger charge is -2.19. The van der Waals surface area contributed by atoms with E-state index in [0.29, 0.717) is 21.6 Å². The summed E-state index contributed by atoms with van der Waals surface area (Å²) in [5.74, 6) is -1.29. The molecule has 4 rings (SSSR count). The van der Waals surface area contributed by atoms with E-state index in [4.69, 9.17) is 11.6 Å². The van der Waals surface area contributed by atoms with E-state index in [-0.39, 0.29) is 5.92 Å².